The molecule has 0 aliphatic heterocycles. The lowest BCUT2D eigenvalue weighted by Gasteiger charge is -2.24. The molecule has 18 heavy (non-hydrogen) atoms. The van der Waals surface area contributed by atoms with Crippen LogP contribution >= 0.6 is 12.2 Å². The van der Waals surface area contributed by atoms with Crippen LogP contribution in [0, 0.1) is 11.6 Å². The Balaban J connectivity index is 3.09. The third kappa shape index (κ3) is 3.16. The molecule has 0 saturated carbocycles. The summed E-state index contributed by atoms with van der Waals surface area (Å²) in [4.78, 5) is 1.68. The Bertz CT molecular complexity index is 435. The Kier molecular flexibility index (Phi) is 5.47. The van der Waals surface area contributed by atoms with Crippen molar-refractivity contribution in [3.8, 4) is 0 Å². The molecule has 0 aliphatic carbocycles. The average molecular weight is 272 g/mol. The van der Waals surface area contributed by atoms with E-state index < -0.39 is 11.6 Å². The number of nitrogens with two attached hydrogens (primary N) is 1. The molecule has 0 atom stereocenters. The quantitative estimate of drug-likeness (QED) is 0.806. The Morgan fingerprint density at radius 3 is 2.44 bits per heavy atom. The Morgan fingerprint density at radius 2 is 1.94 bits per heavy atom. The maximum atomic E-state index is 14.0. The lowest BCUT2D eigenvalue weighted by molar-refractivity contribution is 0.504. The minimum atomic E-state index is -0.963. The van der Waals surface area contributed by atoms with Gasteiger partial charge in [-0.25, -0.2) is 8.78 Å². The van der Waals surface area contributed by atoms with E-state index >= 15 is 0 Å². The molecule has 0 aromatic heterocycles. The molecule has 1 aromatic rings. The van der Waals surface area contributed by atoms with Crippen LogP contribution in [0.1, 0.15) is 32.3 Å². The van der Waals surface area contributed by atoms with Crippen LogP contribution in [0.3, 0.4) is 0 Å². The fourth-order valence-electron chi connectivity index (χ4n) is 1.77. The SMILES string of the molecule is CCCCN(CC)c1ccc(C(N)=S)c(F)c1F. The number of benzene rings is 1. The van der Waals surface area contributed by atoms with Crippen LogP contribution in [0.2, 0.25) is 0 Å². The van der Waals surface area contributed by atoms with Gasteiger partial charge in [-0.1, -0.05) is 25.6 Å². The van der Waals surface area contributed by atoms with E-state index in [0.29, 0.717) is 13.1 Å². The molecule has 0 saturated heterocycles. The first-order chi connectivity index (χ1) is 8.52. The standard InChI is InChI=1S/C13H18F2N2S/c1-3-5-8-17(4-2)10-7-6-9(13(16)18)11(14)12(10)15/h6-7H,3-5,8H2,1-2H3,(H2,16,18). The molecule has 0 fully saturated rings. The molecular formula is C13H18F2N2S. The summed E-state index contributed by atoms with van der Waals surface area (Å²) < 4.78 is 27.7. The topological polar surface area (TPSA) is 29.3 Å². The predicted octanol–water partition coefficient (Wildman–Crippen LogP) is 3.23. The predicted molar refractivity (Wildman–Crippen MR) is 75.0 cm³/mol. The van der Waals surface area contributed by atoms with Crippen LogP contribution in [-0.2, 0) is 0 Å². The summed E-state index contributed by atoms with van der Waals surface area (Å²) in [5.41, 5.74) is 5.56. The van der Waals surface area contributed by atoms with Gasteiger partial charge in [-0.2, -0.15) is 0 Å². The van der Waals surface area contributed by atoms with Gasteiger partial charge in [-0.15, -0.1) is 0 Å². The van der Waals surface area contributed by atoms with Crippen LogP contribution in [0.15, 0.2) is 12.1 Å². The first-order valence-corrected chi connectivity index (χ1v) is 6.46. The van der Waals surface area contributed by atoms with Gasteiger partial charge >= 0.3 is 0 Å². The summed E-state index contributed by atoms with van der Waals surface area (Å²) in [5.74, 6) is -1.84. The molecule has 2 nitrogen and oxygen atoms in total. The third-order valence-corrected chi connectivity index (χ3v) is 3.05. The molecule has 0 bridgehead atoms. The van der Waals surface area contributed by atoms with E-state index in [1.165, 1.54) is 12.1 Å². The van der Waals surface area contributed by atoms with Crippen molar-refractivity contribution in [1.29, 1.82) is 0 Å². The van der Waals surface area contributed by atoms with Gasteiger partial charge in [0.05, 0.1) is 5.69 Å². The first-order valence-electron chi connectivity index (χ1n) is 6.05. The Labute approximate surface area is 112 Å². The summed E-state index contributed by atoms with van der Waals surface area (Å²) in [6.07, 6.45) is 1.94. The zero-order valence-electron chi connectivity index (χ0n) is 10.7. The molecule has 0 amide bonds. The molecule has 1 aromatic carbocycles. The highest BCUT2D eigenvalue weighted by molar-refractivity contribution is 7.80. The molecular weight excluding hydrogens is 254 g/mol. The Hall–Kier alpha value is -1.23. The van der Waals surface area contributed by atoms with Crippen molar-refractivity contribution < 1.29 is 8.78 Å². The smallest absolute Gasteiger partial charge is 0.182 e. The van der Waals surface area contributed by atoms with Gasteiger partial charge in [0.15, 0.2) is 11.6 Å². The van der Waals surface area contributed by atoms with E-state index in [2.05, 4.69) is 19.1 Å². The molecule has 100 valence electrons. The highest BCUT2D eigenvalue weighted by Crippen LogP contribution is 2.24. The van der Waals surface area contributed by atoms with Crippen molar-refractivity contribution in [2.24, 2.45) is 5.73 Å². The summed E-state index contributed by atoms with van der Waals surface area (Å²) in [7, 11) is 0. The summed E-state index contributed by atoms with van der Waals surface area (Å²) in [5, 5.41) is 0. The number of nitrogens with zero attached hydrogens (tertiary/aromatic N) is 1. The molecule has 0 spiro atoms. The summed E-state index contributed by atoms with van der Waals surface area (Å²) in [6.45, 7) is 5.30. The number of halogens is 2. The van der Waals surface area contributed by atoms with Crippen molar-refractivity contribution in [1.82, 2.24) is 0 Å². The van der Waals surface area contributed by atoms with Gasteiger partial charge in [0.2, 0.25) is 0 Å². The van der Waals surface area contributed by atoms with Crippen LogP contribution in [0.4, 0.5) is 14.5 Å². The van der Waals surface area contributed by atoms with E-state index in [-0.39, 0.29) is 16.2 Å². The second-order valence-electron chi connectivity index (χ2n) is 4.06. The van der Waals surface area contributed by atoms with Crippen molar-refractivity contribution in [3.63, 3.8) is 0 Å². The van der Waals surface area contributed by atoms with Gasteiger partial charge in [-0.05, 0) is 25.5 Å². The molecule has 1 rings (SSSR count). The molecule has 0 unspecified atom stereocenters. The van der Waals surface area contributed by atoms with Gasteiger partial charge in [0.1, 0.15) is 4.99 Å². The number of thiocarbonyl (C=S) groups is 1. The van der Waals surface area contributed by atoms with Crippen LogP contribution < -0.4 is 10.6 Å². The van der Waals surface area contributed by atoms with Crippen LogP contribution in [0.5, 0.6) is 0 Å². The average Bonchev–Trinajstić information content (AvgIpc) is 2.34. The fourth-order valence-corrected chi connectivity index (χ4v) is 1.93. The minimum absolute atomic E-state index is 0.0437. The number of unbranched alkanes of at least 4 members (excludes halogenated alkanes) is 1. The van der Waals surface area contributed by atoms with E-state index in [1.54, 1.807) is 0 Å². The minimum Gasteiger partial charge on any atom is -0.389 e. The first kappa shape index (κ1) is 14.8. The third-order valence-electron chi connectivity index (χ3n) is 2.83. The molecule has 2 N–H and O–H groups in total. The second-order valence-corrected chi connectivity index (χ2v) is 4.50. The fraction of sp³-hybridized carbons (Fsp3) is 0.462. The van der Waals surface area contributed by atoms with Gasteiger partial charge in [0, 0.05) is 18.7 Å². The van der Waals surface area contributed by atoms with Gasteiger partial charge in [0.25, 0.3) is 0 Å². The van der Waals surface area contributed by atoms with Crippen molar-refractivity contribution >= 4 is 22.9 Å². The zero-order valence-corrected chi connectivity index (χ0v) is 11.5. The lowest BCUT2D eigenvalue weighted by Crippen LogP contribution is -2.26. The van der Waals surface area contributed by atoms with Gasteiger partial charge < -0.3 is 10.6 Å². The highest BCUT2D eigenvalue weighted by atomic mass is 32.1. The van der Waals surface area contributed by atoms with E-state index in [1.807, 2.05) is 11.8 Å². The molecule has 0 heterocycles. The summed E-state index contributed by atoms with van der Waals surface area (Å²) in [6, 6.07) is 2.97. The number of anilines is 1. The zero-order chi connectivity index (χ0) is 13.7. The monoisotopic (exact) mass is 272 g/mol. The van der Waals surface area contributed by atoms with Gasteiger partial charge in [-0.3, -0.25) is 0 Å². The number of rotatable bonds is 6. The number of hydrogen-bond donors (Lipinski definition) is 1. The van der Waals surface area contributed by atoms with E-state index in [9.17, 15) is 8.78 Å². The maximum absolute atomic E-state index is 14.0. The van der Waals surface area contributed by atoms with Crippen molar-refractivity contribution in [2.75, 3.05) is 18.0 Å². The van der Waals surface area contributed by atoms with E-state index in [4.69, 9.17) is 5.73 Å². The Morgan fingerprint density at radius 1 is 1.28 bits per heavy atom. The molecule has 5 heteroatoms. The van der Waals surface area contributed by atoms with Crippen molar-refractivity contribution in [3.05, 3.63) is 29.3 Å². The highest BCUT2D eigenvalue weighted by Gasteiger charge is 2.18. The van der Waals surface area contributed by atoms with E-state index in [0.717, 1.165) is 12.8 Å². The lowest BCUT2D eigenvalue weighted by atomic mass is 10.1. The maximum Gasteiger partial charge on any atom is 0.182 e. The largest absolute Gasteiger partial charge is 0.389 e. The molecule has 0 aliphatic rings. The normalized spacial score (nSPS) is 10.4. The second kappa shape index (κ2) is 6.64. The van der Waals surface area contributed by atoms with Crippen LogP contribution in [0.25, 0.3) is 0 Å². The summed E-state index contributed by atoms with van der Waals surface area (Å²) >= 11 is 4.67. The molecule has 0 radical (unpaired) electrons. The van der Waals surface area contributed by atoms with Crippen molar-refractivity contribution in [2.45, 2.75) is 26.7 Å². The number of hydrogen-bond acceptors (Lipinski definition) is 2. The van der Waals surface area contributed by atoms with Crippen LogP contribution in [-0.4, -0.2) is 18.1 Å².